The van der Waals surface area contributed by atoms with E-state index in [0.717, 1.165) is 49.0 Å². The van der Waals surface area contributed by atoms with Gasteiger partial charge in [-0.15, -0.1) is 5.10 Å². The molecule has 5 aromatic carbocycles. The predicted molar refractivity (Wildman–Crippen MR) is 220 cm³/mol. The Morgan fingerprint density at radius 2 is 1.70 bits per heavy atom. The van der Waals surface area contributed by atoms with Gasteiger partial charge >= 0.3 is 0 Å². The minimum absolute atomic E-state index is 0.0673. The van der Waals surface area contributed by atoms with Gasteiger partial charge < -0.3 is 18.9 Å². The molecule has 0 radical (unpaired) electrons. The maximum absolute atomic E-state index is 16.5. The Morgan fingerprint density at radius 3 is 2.43 bits per heavy atom. The second kappa shape index (κ2) is 13.9. The molecule has 1 saturated heterocycles. The molecule has 1 N–H and O–H groups in total. The lowest BCUT2D eigenvalue weighted by Crippen LogP contribution is -2.45. The van der Waals surface area contributed by atoms with E-state index in [2.05, 4.69) is 26.2 Å². The summed E-state index contributed by atoms with van der Waals surface area (Å²) in [7, 11) is -3.39. The Balaban J connectivity index is 0.985. The minimum Gasteiger partial charge on any atom is -0.395 e. The average Bonchev–Trinajstić information content (AvgIpc) is 3.92. The van der Waals surface area contributed by atoms with Crippen molar-refractivity contribution in [2.24, 2.45) is 5.92 Å². The molecule has 4 heterocycles. The zero-order chi connectivity index (χ0) is 38.9. The Labute approximate surface area is 334 Å². The van der Waals surface area contributed by atoms with Gasteiger partial charge in [0, 0.05) is 45.3 Å². The Hall–Kier alpha value is -5.01. The smallest absolute Gasteiger partial charge is 0.264 e. The Morgan fingerprint density at radius 1 is 0.946 bits per heavy atom. The fourth-order valence-electron chi connectivity index (χ4n) is 9.45. The molecule has 5 atom stereocenters. The summed E-state index contributed by atoms with van der Waals surface area (Å²) in [6.45, 7) is 5.94. The quantitative estimate of drug-likeness (QED) is 0.109. The van der Waals surface area contributed by atoms with Crippen LogP contribution in [0.15, 0.2) is 120 Å². The predicted octanol–water partition coefficient (Wildman–Crippen LogP) is 9.02. The van der Waals surface area contributed by atoms with Crippen LogP contribution in [0.25, 0.3) is 10.8 Å². The van der Waals surface area contributed by atoms with E-state index in [9.17, 15) is 14.7 Å². The highest BCUT2D eigenvalue weighted by molar-refractivity contribution is 9.10. The highest BCUT2D eigenvalue weighted by Crippen LogP contribution is 2.60. The summed E-state index contributed by atoms with van der Waals surface area (Å²) in [6.07, 6.45) is 1.71. The van der Waals surface area contributed by atoms with Crippen LogP contribution in [-0.2, 0) is 28.2 Å². The van der Waals surface area contributed by atoms with Gasteiger partial charge in [0.15, 0.2) is 5.60 Å². The summed E-state index contributed by atoms with van der Waals surface area (Å²) in [5.74, 6) is -1.03. The summed E-state index contributed by atoms with van der Waals surface area (Å²) in [5.41, 5.74) is 4.38. The lowest BCUT2D eigenvalue weighted by Gasteiger charge is -2.31. The fourth-order valence-corrected chi connectivity index (χ4v) is 12.4. The van der Waals surface area contributed by atoms with Crippen LogP contribution in [0, 0.1) is 5.92 Å². The number of ether oxygens (including phenoxy) is 1. The molecule has 1 unspecified atom stereocenters. The zero-order valence-electron chi connectivity index (χ0n) is 31.3. The molecule has 56 heavy (non-hydrogen) atoms. The maximum atomic E-state index is 16.5. The number of aryl methyl sites for hydroxylation is 1. The van der Waals surface area contributed by atoms with Crippen molar-refractivity contribution < 1.29 is 23.5 Å². The number of aromatic nitrogens is 3. The van der Waals surface area contributed by atoms with Crippen LogP contribution in [0.2, 0.25) is 18.6 Å². The van der Waals surface area contributed by atoms with Gasteiger partial charge in [0.25, 0.3) is 11.8 Å². The third-order valence-electron chi connectivity index (χ3n) is 12.0. The van der Waals surface area contributed by atoms with Gasteiger partial charge in [-0.3, -0.25) is 19.2 Å². The minimum atomic E-state index is -3.39. The van der Waals surface area contributed by atoms with Crippen molar-refractivity contribution in [2.45, 2.75) is 62.7 Å². The van der Waals surface area contributed by atoms with Crippen LogP contribution in [-0.4, -0.2) is 53.0 Å². The topological polar surface area (TPSA) is 101 Å². The first-order chi connectivity index (χ1) is 27.0. The van der Waals surface area contributed by atoms with Gasteiger partial charge in [-0.1, -0.05) is 94.8 Å². The van der Waals surface area contributed by atoms with E-state index >= 15 is 4.11 Å². The number of carbonyl (C=O) groups is 2. The summed E-state index contributed by atoms with van der Waals surface area (Å²) in [5, 5.41) is 20.9. The molecule has 1 aromatic heterocycles. The maximum Gasteiger partial charge on any atom is 0.264 e. The largest absolute Gasteiger partial charge is 0.395 e. The summed E-state index contributed by atoms with van der Waals surface area (Å²) >= 11 is 3.64. The van der Waals surface area contributed by atoms with E-state index in [4.69, 9.17) is 4.74 Å². The number of hydrogen-bond acceptors (Lipinski definition) is 6. The molecule has 0 aliphatic carbocycles. The van der Waals surface area contributed by atoms with Crippen LogP contribution in [0.1, 0.15) is 52.0 Å². The first kappa shape index (κ1) is 36.6. The number of benzene rings is 5. The molecule has 3 aliphatic rings. The van der Waals surface area contributed by atoms with Gasteiger partial charge in [0.2, 0.25) is 8.41 Å². The van der Waals surface area contributed by atoms with Crippen LogP contribution >= 0.6 is 15.9 Å². The van der Waals surface area contributed by atoms with E-state index in [1.165, 1.54) is 0 Å². The van der Waals surface area contributed by atoms with Gasteiger partial charge in [-0.05, 0) is 78.5 Å². The molecular weight excluding hydrogens is 790 g/mol. The average molecular weight is 831 g/mol. The second-order valence-electron chi connectivity index (χ2n) is 15.7. The third-order valence-corrected chi connectivity index (χ3v) is 14.9. The molecule has 2 amide bonds. The Bertz CT molecular complexity index is 2490. The number of amides is 2. The van der Waals surface area contributed by atoms with Crippen molar-refractivity contribution in [3.8, 4) is 0 Å². The van der Waals surface area contributed by atoms with Crippen molar-refractivity contribution in [1.29, 1.82) is 0 Å². The summed E-state index contributed by atoms with van der Waals surface area (Å²) in [6, 6.07) is 35.0. The molecule has 284 valence electrons. The number of nitrogens with zero attached hydrogens (tertiary/aromatic N) is 5. The Kier molecular flexibility index (Phi) is 9.07. The molecule has 12 heteroatoms. The molecule has 3 aliphatic heterocycles. The molecule has 1 fully saturated rings. The van der Waals surface area contributed by atoms with Crippen LogP contribution in [0.3, 0.4) is 0 Å². The number of rotatable bonds is 10. The van der Waals surface area contributed by atoms with E-state index in [-0.39, 0.29) is 30.9 Å². The van der Waals surface area contributed by atoms with Gasteiger partial charge in [-0.2, -0.15) is 0 Å². The fraction of sp³-hybridized carbons (Fsp3) is 0.273. The first-order valence-electron chi connectivity index (χ1n) is 19.0. The van der Waals surface area contributed by atoms with Gasteiger partial charge in [-0.25, -0.2) is 0 Å². The number of anilines is 3. The normalized spacial score (nSPS) is 22.1. The second-order valence-corrected chi connectivity index (χ2v) is 20.4. The van der Waals surface area contributed by atoms with Gasteiger partial charge in [0.1, 0.15) is 0 Å². The number of halogens is 2. The van der Waals surface area contributed by atoms with E-state index in [0.29, 0.717) is 24.2 Å². The number of carbonyl (C=O) groups excluding carboxylic acids is 2. The lowest BCUT2D eigenvalue weighted by atomic mass is 9.82. The molecule has 6 aromatic rings. The molecule has 9 nitrogen and oxygen atoms in total. The van der Waals surface area contributed by atoms with Crippen molar-refractivity contribution in [1.82, 2.24) is 15.0 Å². The number of aliphatic hydroxyl groups excluding tert-OH is 1. The standard InChI is InChI=1S/C44H41BrFN5O4Si/c1-27-41(56(2,3)46)39(21-22-49-25-36(47-48-49)34(26-52)29-9-5-4-6-10-29)55-44(27)35-23-31(45)17-20-37(35)50(43(44)54)24-28-15-18-32(19-16-28)51-38-14-8-12-30-11-7-13-33(40(30)38)42(51)53/h4-20,23,25,27,34,39,41,52H,21-22,24,26H2,1-3H3/t27-,34?,39+,41-,44+/m1/s1. The highest BCUT2D eigenvalue weighted by Gasteiger charge is 2.66. The first-order valence-corrected chi connectivity index (χ1v) is 22.7. The van der Waals surface area contributed by atoms with Crippen molar-refractivity contribution in [3.63, 3.8) is 0 Å². The molecule has 1 spiro atoms. The van der Waals surface area contributed by atoms with Crippen LogP contribution < -0.4 is 9.80 Å². The van der Waals surface area contributed by atoms with Crippen molar-refractivity contribution >= 4 is 64.0 Å². The van der Waals surface area contributed by atoms with E-state index in [1.807, 2.05) is 122 Å². The van der Waals surface area contributed by atoms with Crippen LogP contribution in [0.4, 0.5) is 21.2 Å². The zero-order valence-corrected chi connectivity index (χ0v) is 33.9. The number of fused-ring (bicyclic) bond motifs is 2. The molecule has 0 bridgehead atoms. The molecule has 0 saturated carbocycles. The lowest BCUT2D eigenvalue weighted by molar-refractivity contribution is -0.146. The molecular formula is C44H41BrFN5O4Si. The van der Waals surface area contributed by atoms with Crippen molar-refractivity contribution in [2.75, 3.05) is 16.4 Å². The summed E-state index contributed by atoms with van der Waals surface area (Å²) in [4.78, 5) is 32.1. The monoisotopic (exact) mass is 829 g/mol. The van der Waals surface area contributed by atoms with E-state index in [1.54, 1.807) is 27.6 Å². The summed E-state index contributed by atoms with van der Waals surface area (Å²) < 4.78 is 26.0. The van der Waals surface area contributed by atoms with Gasteiger partial charge in [0.05, 0.1) is 47.8 Å². The highest BCUT2D eigenvalue weighted by atomic mass is 79.9. The number of aliphatic hydroxyl groups is 1. The third kappa shape index (κ3) is 5.84. The SMILES string of the molecule is C[C@@H]1[C@@H]([Si](C)(C)F)[C@H](CCn2cc(C(CO)c3ccccc3)nn2)O[C@@]12C(=O)N(Cc1ccc(N3C(=O)c4cccc5cccc3c45)cc1)c1ccc(Br)cc12. The van der Waals surface area contributed by atoms with Crippen LogP contribution in [0.5, 0.6) is 0 Å². The molecule has 9 rings (SSSR count). The van der Waals surface area contributed by atoms with E-state index < -0.39 is 31.6 Å². The van der Waals surface area contributed by atoms with Crippen molar-refractivity contribution in [3.05, 3.63) is 148 Å². The number of hydrogen-bond donors (Lipinski definition) is 1.